The topological polar surface area (TPSA) is 52.8 Å². The van der Waals surface area contributed by atoms with E-state index in [4.69, 9.17) is 9.47 Å². The Balaban J connectivity index is 1.99. The van der Waals surface area contributed by atoms with Gasteiger partial charge in [-0.2, -0.15) is 0 Å². The summed E-state index contributed by atoms with van der Waals surface area (Å²) in [6, 6.07) is 0. The fourth-order valence-corrected chi connectivity index (χ4v) is 2.74. The first-order chi connectivity index (χ1) is 10.9. The van der Waals surface area contributed by atoms with E-state index in [-0.39, 0.29) is 11.9 Å². The first kappa shape index (κ1) is 17.7. The standard InChI is InChI=1S/C19H27NO3/c1-12(2)7-6-8-13(3)9-14(4)23-19-17-16(11-22-19)10-20-15(5)18(17)21/h7,9-10,14,19,21H,6,8,11H2,1-5H3/p+1/b13-9+. The fourth-order valence-electron chi connectivity index (χ4n) is 2.74. The number of H-pyrrole nitrogens is 1. The van der Waals surface area contributed by atoms with Gasteiger partial charge in [-0.1, -0.05) is 23.3 Å². The Morgan fingerprint density at radius 3 is 2.91 bits per heavy atom. The highest BCUT2D eigenvalue weighted by Crippen LogP contribution is 2.38. The van der Waals surface area contributed by atoms with Gasteiger partial charge >= 0.3 is 0 Å². The Kier molecular flexibility index (Phi) is 5.97. The number of nitrogens with one attached hydrogen (secondary N) is 1. The van der Waals surface area contributed by atoms with Crippen molar-refractivity contribution in [3.63, 3.8) is 0 Å². The van der Waals surface area contributed by atoms with Crippen molar-refractivity contribution < 1.29 is 19.6 Å². The summed E-state index contributed by atoms with van der Waals surface area (Å²) in [6.07, 6.45) is 7.75. The van der Waals surface area contributed by atoms with Crippen molar-refractivity contribution in [2.75, 3.05) is 0 Å². The summed E-state index contributed by atoms with van der Waals surface area (Å²) in [4.78, 5) is 3.04. The number of allylic oxidation sites excluding steroid dienone is 3. The van der Waals surface area contributed by atoms with Crippen LogP contribution in [0.25, 0.3) is 0 Å². The molecule has 1 aliphatic heterocycles. The quantitative estimate of drug-likeness (QED) is 0.802. The first-order valence-corrected chi connectivity index (χ1v) is 8.19. The average molecular weight is 318 g/mol. The number of aryl methyl sites for hydroxylation is 1. The fraction of sp³-hybridized carbons (Fsp3) is 0.526. The van der Waals surface area contributed by atoms with Gasteiger partial charge in [0.1, 0.15) is 0 Å². The SMILES string of the molecule is CC(C)=CCC/C(C)=C/C(C)OC1OCc2c[nH+]c(C)c(O)c21. The Morgan fingerprint density at radius 2 is 2.22 bits per heavy atom. The van der Waals surface area contributed by atoms with Crippen LogP contribution in [0.15, 0.2) is 29.5 Å². The van der Waals surface area contributed by atoms with Gasteiger partial charge in [0, 0.05) is 6.92 Å². The van der Waals surface area contributed by atoms with Crippen molar-refractivity contribution in [3.05, 3.63) is 46.3 Å². The number of rotatable bonds is 6. The van der Waals surface area contributed by atoms with Crippen molar-refractivity contribution >= 4 is 0 Å². The summed E-state index contributed by atoms with van der Waals surface area (Å²) in [5, 5.41) is 10.2. The van der Waals surface area contributed by atoms with Gasteiger partial charge in [-0.05, 0) is 40.5 Å². The van der Waals surface area contributed by atoms with E-state index in [0.29, 0.717) is 6.61 Å². The molecule has 1 aromatic rings. The van der Waals surface area contributed by atoms with Crippen molar-refractivity contribution in [3.8, 4) is 5.75 Å². The Morgan fingerprint density at radius 1 is 1.48 bits per heavy atom. The third kappa shape index (κ3) is 4.66. The van der Waals surface area contributed by atoms with Crippen LogP contribution in [0.1, 0.15) is 63.6 Å². The summed E-state index contributed by atoms with van der Waals surface area (Å²) >= 11 is 0. The molecule has 0 amide bonds. The number of aromatic nitrogens is 1. The summed E-state index contributed by atoms with van der Waals surface area (Å²) < 4.78 is 11.7. The summed E-state index contributed by atoms with van der Waals surface area (Å²) in [6.45, 7) is 10.7. The van der Waals surface area contributed by atoms with Crippen molar-refractivity contribution in [2.45, 2.75) is 66.5 Å². The Hall–Kier alpha value is -1.65. The Bertz CT molecular complexity index is 615. The zero-order valence-corrected chi connectivity index (χ0v) is 14.8. The van der Waals surface area contributed by atoms with Crippen LogP contribution < -0.4 is 4.98 Å². The number of aromatic hydroxyl groups is 1. The van der Waals surface area contributed by atoms with Crippen LogP contribution >= 0.6 is 0 Å². The van der Waals surface area contributed by atoms with Gasteiger partial charge in [0.2, 0.25) is 5.69 Å². The molecule has 2 unspecified atom stereocenters. The van der Waals surface area contributed by atoms with Crippen LogP contribution in [0.5, 0.6) is 5.75 Å². The largest absolute Gasteiger partial charge is 0.502 e. The average Bonchev–Trinajstić information content (AvgIpc) is 2.86. The molecule has 23 heavy (non-hydrogen) atoms. The zero-order chi connectivity index (χ0) is 17.0. The van der Waals surface area contributed by atoms with E-state index in [9.17, 15) is 5.11 Å². The minimum Gasteiger partial charge on any atom is -0.502 e. The minimum absolute atomic E-state index is 0.0680. The highest BCUT2D eigenvalue weighted by atomic mass is 16.7. The maximum absolute atomic E-state index is 10.2. The molecule has 0 aliphatic carbocycles. The van der Waals surface area contributed by atoms with Gasteiger partial charge < -0.3 is 14.6 Å². The van der Waals surface area contributed by atoms with Crippen LogP contribution in [0.3, 0.4) is 0 Å². The molecule has 2 atom stereocenters. The molecule has 2 rings (SSSR count). The van der Waals surface area contributed by atoms with Gasteiger partial charge in [0.05, 0.1) is 23.8 Å². The first-order valence-electron chi connectivity index (χ1n) is 8.19. The van der Waals surface area contributed by atoms with E-state index >= 15 is 0 Å². The van der Waals surface area contributed by atoms with E-state index in [1.54, 1.807) is 0 Å². The molecule has 0 saturated carbocycles. The molecule has 0 aromatic carbocycles. The predicted octanol–water partition coefficient (Wildman–Crippen LogP) is 4.14. The van der Waals surface area contributed by atoms with Gasteiger partial charge in [0.25, 0.3) is 0 Å². The molecule has 126 valence electrons. The van der Waals surface area contributed by atoms with Gasteiger partial charge in [0.15, 0.2) is 18.2 Å². The molecule has 0 spiro atoms. The zero-order valence-electron chi connectivity index (χ0n) is 14.8. The summed E-state index contributed by atoms with van der Waals surface area (Å²) in [5.74, 6) is 0.237. The number of hydrogen-bond acceptors (Lipinski definition) is 3. The molecule has 0 radical (unpaired) electrons. The molecule has 4 nitrogen and oxygen atoms in total. The molecular formula is C19H28NO3+. The van der Waals surface area contributed by atoms with Gasteiger partial charge in [-0.15, -0.1) is 0 Å². The lowest BCUT2D eigenvalue weighted by molar-refractivity contribution is -0.389. The second kappa shape index (κ2) is 7.75. The summed E-state index contributed by atoms with van der Waals surface area (Å²) in [5.41, 5.74) is 5.08. The molecule has 0 saturated heterocycles. The van der Waals surface area contributed by atoms with Gasteiger partial charge in [-0.3, -0.25) is 0 Å². The van der Waals surface area contributed by atoms with E-state index < -0.39 is 6.29 Å². The smallest absolute Gasteiger partial charge is 0.219 e. The van der Waals surface area contributed by atoms with Crippen LogP contribution in [0.2, 0.25) is 0 Å². The van der Waals surface area contributed by atoms with E-state index in [0.717, 1.165) is 29.7 Å². The second-order valence-corrected chi connectivity index (χ2v) is 6.52. The van der Waals surface area contributed by atoms with E-state index in [1.807, 2.05) is 20.0 Å². The molecular weight excluding hydrogens is 290 g/mol. The van der Waals surface area contributed by atoms with Crippen molar-refractivity contribution in [1.29, 1.82) is 0 Å². The van der Waals surface area contributed by atoms with Crippen LogP contribution in [-0.2, 0) is 16.1 Å². The number of ether oxygens (including phenoxy) is 2. The highest BCUT2D eigenvalue weighted by molar-refractivity contribution is 5.40. The minimum atomic E-state index is -0.505. The van der Waals surface area contributed by atoms with E-state index in [2.05, 4.69) is 37.9 Å². The lowest BCUT2D eigenvalue weighted by Gasteiger charge is -2.17. The van der Waals surface area contributed by atoms with E-state index in [1.165, 1.54) is 11.1 Å². The maximum Gasteiger partial charge on any atom is 0.219 e. The van der Waals surface area contributed by atoms with Crippen molar-refractivity contribution in [2.24, 2.45) is 0 Å². The lowest BCUT2D eigenvalue weighted by atomic mass is 10.1. The molecule has 4 heteroatoms. The third-order valence-electron chi connectivity index (χ3n) is 3.99. The van der Waals surface area contributed by atoms with Crippen LogP contribution in [-0.4, -0.2) is 11.2 Å². The number of fused-ring (bicyclic) bond motifs is 1. The maximum atomic E-state index is 10.2. The molecule has 1 aromatic heterocycles. The highest BCUT2D eigenvalue weighted by Gasteiger charge is 2.32. The number of pyridine rings is 1. The molecule has 0 fully saturated rings. The van der Waals surface area contributed by atoms with Gasteiger partial charge in [-0.25, -0.2) is 4.98 Å². The molecule has 2 heterocycles. The molecule has 2 N–H and O–H groups in total. The summed E-state index contributed by atoms with van der Waals surface area (Å²) in [7, 11) is 0. The third-order valence-corrected chi connectivity index (χ3v) is 3.99. The van der Waals surface area contributed by atoms with Crippen LogP contribution in [0, 0.1) is 6.92 Å². The monoisotopic (exact) mass is 318 g/mol. The number of aromatic amines is 1. The molecule has 1 aliphatic rings. The molecule has 0 bridgehead atoms. The number of hydrogen-bond donors (Lipinski definition) is 1. The Labute approximate surface area is 138 Å². The normalized spacial score (nSPS) is 18.7. The van der Waals surface area contributed by atoms with Crippen LogP contribution in [0.4, 0.5) is 0 Å². The second-order valence-electron chi connectivity index (χ2n) is 6.52. The lowest BCUT2D eigenvalue weighted by Crippen LogP contribution is -2.14. The predicted molar refractivity (Wildman–Crippen MR) is 89.9 cm³/mol. The van der Waals surface area contributed by atoms with Crippen molar-refractivity contribution in [1.82, 2.24) is 0 Å².